The van der Waals surface area contributed by atoms with Gasteiger partial charge in [-0.3, -0.25) is 4.79 Å². The van der Waals surface area contributed by atoms with E-state index in [1.165, 1.54) is 25.7 Å². The van der Waals surface area contributed by atoms with Crippen LogP contribution in [0.2, 0.25) is 0 Å². The van der Waals surface area contributed by atoms with Crippen LogP contribution in [0.5, 0.6) is 0 Å². The van der Waals surface area contributed by atoms with Gasteiger partial charge in [-0.05, 0) is 6.42 Å². The highest BCUT2D eigenvalue weighted by molar-refractivity contribution is 5.76. The number of morpholine rings is 1. The third-order valence-electron chi connectivity index (χ3n) is 3.25. The van der Waals surface area contributed by atoms with Gasteiger partial charge in [0, 0.05) is 26.1 Å². The first-order chi connectivity index (χ1) is 8.27. The SMILES string of the molecule is CCCCCCCC(=O)N1CCOC(CN)C1. The molecule has 1 saturated heterocycles. The van der Waals surface area contributed by atoms with E-state index in [9.17, 15) is 4.79 Å². The van der Waals surface area contributed by atoms with Crippen molar-refractivity contribution < 1.29 is 9.53 Å². The summed E-state index contributed by atoms with van der Waals surface area (Å²) in [6.07, 6.45) is 6.68. The Bertz CT molecular complexity index is 221. The Morgan fingerprint density at radius 1 is 1.35 bits per heavy atom. The minimum Gasteiger partial charge on any atom is -0.373 e. The normalized spacial score (nSPS) is 20.6. The molecule has 17 heavy (non-hydrogen) atoms. The van der Waals surface area contributed by atoms with Crippen LogP contribution in [0.1, 0.15) is 45.4 Å². The van der Waals surface area contributed by atoms with Crippen molar-refractivity contribution in [3.8, 4) is 0 Å². The number of nitrogens with two attached hydrogens (primary N) is 1. The van der Waals surface area contributed by atoms with Crippen LogP contribution in [0.4, 0.5) is 0 Å². The van der Waals surface area contributed by atoms with E-state index in [0.717, 1.165) is 13.0 Å². The van der Waals surface area contributed by atoms with Gasteiger partial charge in [-0.1, -0.05) is 32.6 Å². The van der Waals surface area contributed by atoms with E-state index in [-0.39, 0.29) is 12.0 Å². The summed E-state index contributed by atoms with van der Waals surface area (Å²) in [5.74, 6) is 0.267. The first-order valence-corrected chi connectivity index (χ1v) is 6.87. The van der Waals surface area contributed by atoms with E-state index in [0.29, 0.717) is 26.1 Å². The average molecular weight is 242 g/mol. The first kappa shape index (κ1) is 14.5. The molecule has 0 aromatic heterocycles. The molecule has 1 aliphatic rings. The van der Waals surface area contributed by atoms with Crippen LogP contribution in [-0.2, 0) is 9.53 Å². The second-order valence-electron chi connectivity index (χ2n) is 4.73. The van der Waals surface area contributed by atoms with Gasteiger partial charge in [0.15, 0.2) is 0 Å². The molecule has 4 nitrogen and oxygen atoms in total. The summed E-state index contributed by atoms with van der Waals surface area (Å²) in [4.78, 5) is 13.8. The second kappa shape index (κ2) is 8.48. The number of ether oxygens (including phenoxy) is 1. The maximum absolute atomic E-state index is 11.9. The van der Waals surface area contributed by atoms with Crippen LogP contribution < -0.4 is 5.73 Å². The van der Waals surface area contributed by atoms with Gasteiger partial charge in [-0.2, -0.15) is 0 Å². The van der Waals surface area contributed by atoms with E-state index >= 15 is 0 Å². The van der Waals surface area contributed by atoms with Crippen LogP contribution in [0, 0.1) is 0 Å². The van der Waals surface area contributed by atoms with Gasteiger partial charge in [0.2, 0.25) is 5.91 Å². The van der Waals surface area contributed by atoms with Crippen molar-refractivity contribution in [3.63, 3.8) is 0 Å². The first-order valence-electron chi connectivity index (χ1n) is 6.87. The number of unbranched alkanes of at least 4 members (excludes halogenated alkanes) is 4. The zero-order valence-electron chi connectivity index (χ0n) is 11.0. The Labute approximate surface area is 104 Å². The predicted octanol–water partition coefficient (Wildman–Crippen LogP) is 1.53. The Kier molecular flexibility index (Phi) is 7.21. The molecule has 1 heterocycles. The molecule has 0 aromatic rings. The largest absolute Gasteiger partial charge is 0.373 e. The summed E-state index contributed by atoms with van der Waals surface area (Å²) in [5, 5.41) is 0. The van der Waals surface area contributed by atoms with E-state index < -0.39 is 0 Å². The van der Waals surface area contributed by atoms with Crippen LogP contribution >= 0.6 is 0 Å². The lowest BCUT2D eigenvalue weighted by atomic mass is 10.1. The van der Waals surface area contributed by atoms with Crippen LogP contribution in [-0.4, -0.2) is 43.2 Å². The third-order valence-corrected chi connectivity index (χ3v) is 3.25. The molecule has 4 heteroatoms. The van der Waals surface area contributed by atoms with Gasteiger partial charge in [0.05, 0.1) is 12.7 Å². The molecule has 1 atom stereocenters. The lowest BCUT2D eigenvalue weighted by Gasteiger charge is -2.32. The van der Waals surface area contributed by atoms with Gasteiger partial charge < -0.3 is 15.4 Å². The summed E-state index contributed by atoms with van der Waals surface area (Å²) in [6, 6.07) is 0. The molecule has 1 fully saturated rings. The van der Waals surface area contributed by atoms with Crippen molar-refractivity contribution in [2.75, 3.05) is 26.2 Å². The minimum absolute atomic E-state index is 0.0350. The Morgan fingerprint density at radius 2 is 2.12 bits per heavy atom. The van der Waals surface area contributed by atoms with Crippen molar-refractivity contribution in [1.29, 1.82) is 0 Å². The van der Waals surface area contributed by atoms with Crippen LogP contribution in [0.3, 0.4) is 0 Å². The number of hydrogen-bond acceptors (Lipinski definition) is 3. The molecule has 1 aliphatic heterocycles. The average Bonchev–Trinajstić information content (AvgIpc) is 2.38. The van der Waals surface area contributed by atoms with E-state index in [1.807, 2.05) is 4.90 Å². The molecule has 0 bridgehead atoms. The maximum atomic E-state index is 11.9. The Balaban J connectivity index is 2.14. The molecule has 0 aromatic carbocycles. The zero-order valence-corrected chi connectivity index (χ0v) is 11.0. The smallest absolute Gasteiger partial charge is 0.222 e. The van der Waals surface area contributed by atoms with Crippen LogP contribution in [0.25, 0.3) is 0 Å². The standard InChI is InChI=1S/C13H26N2O2/c1-2-3-4-5-6-7-13(16)15-8-9-17-12(10-14)11-15/h12H,2-11,14H2,1H3. The third kappa shape index (κ3) is 5.50. The molecule has 0 aliphatic carbocycles. The zero-order chi connectivity index (χ0) is 12.5. The predicted molar refractivity (Wildman–Crippen MR) is 68.8 cm³/mol. The highest BCUT2D eigenvalue weighted by Crippen LogP contribution is 2.10. The molecule has 1 amide bonds. The fraction of sp³-hybridized carbons (Fsp3) is 0.923. The molecule has 0 spiro atoms. The van der Waals surface area contributed by atoms with Gasteiger partial charge in [-0.15, -0.1) is 0 Å². The van der Waals surface area contributed by atoms with Crippen molar-refractivity contribution in [2.24, 2.45) is 5.73 Å². The number of amides is 1. The van der Waals surface area contributed by atoms with Crippen LogP contribution in [0.15, 0.2) is 0 Å². The lowest BCUT2D eigenvalue weighted by Crippen LogP contribution is -2.48. The number of carbonyl (C=O) groups is 1. The topological polar surface area (TPSA) is 55.6 Å². The lowest BCUT2D eigenvalue weighted by molar-refractivity contribution is -0.138. The molecular weight excluding hydrogens is 216 g/mol. The quantitative estimate of drug-likeness (QED) is 0.689. The minimum atomic E-state index is 0.0350. The highest BCUT2D eigenvalue weighted by Gasteiger charge is 2.22. The molecular formula is C13H26N2O2. The molecule has 100 valence electrons. The number of hydrogen-bond donors (Lipinski definition) is 1. The Hall–Kier alpha value is -0.610. The van der Waals surface area contributed by atoms with Crippen molar-refractivity contribution in [3.05, 3.63) is 0 Å². The summed E-state index contributed by atoms with van der Waals surface area (Å²) in [5.41, 5.74) is 5.56. The van der Waals surface area contributed by atoms with Crippen molar-refractivity contribution >= 4 is 5.91 Å². The van der Waals surface area contributed by atoms with Gasteiger partial charge in [0.25, 0.3) is 0 Å². The van der Waals surface area contributed by atoms with Gasteiger partial charge >= 0.3 is 0 Å². The second-order valence-corrected chi connectivity index (χ2v) is 4.73. The molecule has 1 rings (SSSR count). The van der Waals surface area contributed by atoms with E-state index in [1.54, 1.807) is 0 Å². The monoisotopic (exact) mass is 242 g/mol. The van der Waals surface area contributed by atoms with Crippen molar-refractivity contribution in [1.82, 2.24) is 4.90 Å². The number of nitrogens with zero attached hydrogens (tertiary/aromatic N) is 1. The molecule has 2 N–H and O–H groups in total. The highest BCUT2D eigenvalue weighted by atomic mass is 16.5. The van der Waals surface area contributed by atoms with E-state index in [2.05, 4.69) is 6.92 Å². The fourth-order valence-electron chi connectivity index (χ4n) is 2.13. The van der Waals surface area contributed by atoms with E-state index in [4.69, 9.17) is 10.5 Å². The summed E-state index contributed by atoms with van der Waals surface area (Å²) >= 11 is 0. The van der Waals surface area contributed by atoms with Gasteiger partial charge in [-0.25, -0.2) is 0 Å². The summed E-state index contributed by atoms with van der Waals surface area (Å²) in [7, 11) is 0. The number of carbonyl (C=O) groups excluding carboxylic acids is 1. The van der Waals surface area contributed by atoms with Crippen molar-refractivity contribution in [2.45, 2.75) is 51.6 Å². The molecule has 0 saturated carbocycles. The molecule has 0 radical (unpaired) electrons. The summed E-state index contributed by atoms with van der Waals surface area (Å²) in [6.45, 7) is 4.73. The fourth-order valence-corrected chi connectivity index (χ4v) is 2.13. The Morgan fingerprint density at radius 3 is 2.82 bits per heavy atom. The summed E-state index contributed by atoms with van der Waals surface area (Å²) < 4.78 is 5.45. The number of rotatable bonds is 7. The maximum Gasteiger partial charge on any atom is 0.222 e. The van der Waals surface area contributed by atoms with Gasteiger partial charge in [0.1, 0.15) is 0 Å². The molecule has 1 unspecified atom stereocenters.